The Kier molecular flexibility index (Phi) is 2.96. The highest BCUT2D eigenvalue weighted by Gasteiger charge is 2.15. The topological polar surface area (TPSA) is 76.2 Å². The highest BCUT2D eigenvalue weighted by molar-refractivity contribution is 6.32. The van der Waals surface area contributed by atoms with Crippen LogP contribution in [0.2, 0.25) is 5.15 Å². The molecule has 0 saturated carbocycles. The number of aromatic carboxylic acids is 1. The largest absolute Gasteiger partial charge is 0.478 e. The van der Waals surface area contributed by atoms with Gasteiger partial charge in [-0.05, 0) is 12.0 Å². The van der Waals surface area contributed by atoms with Crippen molar-refractivity contribution in [3.8, 4) is 0 Å². The van der Waals surface area contributed by atoms with Gasteiger partial charge in [-0.15, -0.1) is 0 Å². The number of nitrogens with two attached hydrogens (primary N) is 1. The molecule has 1 rings (SSSR count). The second kappa shape index (κ2) is 3.84. The van der Waals surface area contributed by atoms with Gasteiger partial charge in [-0.25, -0.2) is 9.78 Å². The molecule has 3 N–H and O–H groups in total. The zero-order chi connectivity index (χ0) is 10.9. The normalized spacial score (nSPS) is 10.6. The van der Waals surface area contributed by atoms with Crippen LogP contribution in [0.5, 0.6) is 0 Å². The second-order valence-electron chi connectivity index (χ2n) is 3.26. The summed E-state index contributed by atoms with van der Waals surface area (Å²) in [4.78, 5) is 14.6. The lowest BCUT2D eigenvalue weighted by Gasteiger charge is -2.09. The first-order valence-electron chi connectivity index (χ1n) is 4.12. The lowest BCUT2D eigenvalue weighted by Crippen LogP contribution is -2.06. The fraction of sp³-hybridized carbons (Fsp3) is 0.333. The molecular formula is C9H11ClN2O2. The summed E-state index contributed by atoms with van der Waals surface area (Å²) in [6.45, 7) is 3.82. The molecule has 1 heterocycles. The number of hydrogen-bond donors (Lipinski definition) is 2. The molecule has 0 amide bonds. The number of hydrogen-bond acceptors (Lipinski definition) is 3. The standard InChI is InChI=1S/C9H11ClN2O2/c1-4(2)7-6(11)3-5(9(13)14)8(10)12-7/h3-4H,11H2,1-2H3,(H,13,14). The Balaban J connectivity index is 3.31. The van der Waals surface area contributed by atoms with E-state index >= 15 is 0 Å². The smallest absolute Gasteiger partial charge is 0.338 e. The van der Waals surface area contributed by atoms with Crippen molar-refractivity contribution in [3.63, 3.8) is 0 Å². The monoisotopic (exact) mass is 214 g/mol. The summed E-state index contributed by atoms with van der Waals surface area (Å²) in [5.41, 5.74) is 6.57. The maximum absolute atomic E-state index is 10.7. The molecule has 0 radical (unpaired) electrons. The third-order valence-corrected chi connectivity index (χ3v) is 2.10. The third-order valence-electron chi connectivity index (χ3n) is 1.81. The van der Waals surface area contributed by atoms with Crippen LogP contribution >= 0.6 is 11.6 Å². The van der Waals surface area contributed by atoms with Crippen LogP contribution in [0.4, 0.5) is 5.69 Å². The van der Waals surface area contributed by atoms with E-state index in [0.29, 0.717) is 11.4 Å². The van der Waals surface area contributed by atoms with Crippen molar-refractivity contribution < 1.29 is 9.90 Å². The number of aromatic nitrogens is 1. The molecule has 0 aliphatic carbocycles. The Hall–Kier alpha value is -1.29. The number of nitrogens with zero attached hydrogens (tertiary/aromatic N) is 1. The van der Waals surface area contributed by atoms with Gasteiger partial charge in [0.05, 0.1) is 16.9 Å². The summed E-state index contributed by atoms with van der Waals surface area (Å²) < 4.78 is 0. The Bertz CT molecular complexity index is 377. The van der Waals surface area contributed by atoms with E-state index in [4.69, 9.17) is 22.4 Å². The molecule has 5 heteroatoms. The number of rotatable bonds is 2. The second-order valence-corrected chi connectivity index (χ2v) is 3.62. The summed E-state index contributed by atoms with van der Waals surface area (Å²) in [5.74, 6) is -1.00. The molecule has 1 aromatic heterocycles. The van der Waals surface area contributed by atoms with Gasteiger partial charge in [0, 0.05) is 0 Å². The Morgan fingerprint density at radius 2 is 2.21 bits per heavy atom. The van der Waals surface area contributed by atoms with Gasteiger partial charge in [-0.1, -0.05) is 25.4 Å². The molecule has 0 aromatic carbocycles. The van der Waals surface area contributed by atoms with Gasteiger partial charge in [0.25, 0.3) is 0 Å². The highest BCUT2D eigenvalue weighted by Crippen LogP contribution is 2.24. The van der Waals surface area contributed by atoms with E-state index < -0.39 is 5.97 Å². The lowest BCUT2D eigenvalue weighted by atomic mass is 10.1. The average Bonchev–Trinajstić information content (AvgIpc) is 2.07. The van der Waals surface area contributed by atoms with Crippen molar-refractivity contribution in [2.75, 3.05) is 5.73 Å². The molecule has 76 valence electrons. The van der Waals surface area contributed by atoms with Gasteiger partial charge >= 0.3 is 5.97 Å². The maximum Gasteiger partial charge on any atom is 0.338 e. The van der Waals surface area contributed by atoms with Crippen LogP contribution < -0.4 is 5.73 Å². The Morgan fingerprint density at radius 3 is 2.64 bits per heavy atom. The molecular weight excluding hydrogens is 204 g/mol. The molecule has 14 heavy (non-hydrogen) atoms. The third kappa shape index (κ3) is 1.96. The molecule has 0 bridgehead atoms. The quantitative estimate of drug-likeness (QED) is 0.740. The Labute approximate surface area is 86.7 Å². The summed E-state index contributed by atoms with van der Waals surface area (Å²) in [7, 11) is 0. The predicted molar refractivity (Wildman–Crippen MR) is 54.7 cm³/mol. The number of pyridine rings is 1. The first-order chi connectivity index (χ1) is 6.43. The lowest BCUT2D eigenvalue weighted by molar-refractivity contribution is 0.0696. The van der Waals surface area contributed by atoms with Gasteiger partial charge in [-0.2, -0.15) is 0 Å². The number of carbonyl (C=O) groups is 1. The van der Waals surface area contributed by atoms with Crippen molar-refractivity contribution in [2.45, 2.75) is 19.8 Å². The molecule has 1 aromatic rings. The summed E-state index contributed by atoms with van der Waals surface area (Å²) >= 11 is 5.69. The van der Waals surface area contributed by atoms with E-state index in [1.807, 2.05) is 13.8 Å². The Morgan fingerprint density at radius 1 is 1.64 bits per heavy atom. The van der Waals surface area contributed by atoms with Crippen LogP contribution in [-0.2, 0) is 0 Å². The maximum atomic E-state index is 10.7. The molecule has 0 aliphatic rings. The van der Waals surface area contributed by atoms with Gasteiger partial charge in [-0.3, -0.25) is 0 Å². The van der Waals surface area contributed by atoms with Crippen LogP contribution in [0.1, 0.15) is 35.8 Å². The molecule has 0 spiro atoms. The molecule has 0 fully saturated rings. The number of halogens is 1. The van der Waals surface area contributed by atoms with E-state index in [0.717, 1.165) is 0 Å². The van der Waals surface area contributed by atoms with E-state index in [-0.39, 0.29) is 16.6 Å². The minimum Gasteiger partial charge on any atom is -0.478 e. The predicted octanol–water partition coefficient (Wildman–Crippen LogP) is 2.14. The van der Waals surface area contributed by atoms with Crippen molar-refractivity contribution in [1.82, 2.24) is 4.98 Å². The van der Waals surface area contributed by atoms with Gasteiger partial charge in [0.15, 0.2) is 0 Å². The average molecular weight is 215 g/mol. The van der Waals surface area contributed by atoms with Gasteiger partial charge in [0.2, 0.25) is 0 Å². The molecule has 4 nitrogen and oxygen atoms in total. The number of carboxylic acid groups (broad SMARTS) is 1. The minimum absolute atomic E-state index is 0.0181. The number of anilines is 1. The van der Waals surface area contributed by atoms with E-state index in [1.165, 1.54) is 6.07 Å². The molecule has 0 saturated heterocycles. The van der Waals surface area contributed by atoms with E-state index in [2.05, 4.69) is 4.98 Å². The van der Waals surface area contributed by atoms with Crippen LogP contribution in [-0.4, -0.2) is 16.1 Å². The van der Waals surface area contributed by atoms with E-state index in [9.17, 15) is 4.79 Å². The fourth-order valence-electron chi connectivity index (χ4n) is 1.13. The van der Waals surface area contributed by atoms with Crippen LogP contribution in [0, 0.1) is 0 Å². The zero-order valence-electron chi connectivity index (χ0n) is 7.91. The van der Waals surface area contributed by atoms with Crippen molar-refractivity contribution in [1.29, 1.82) is 0 Å². The molecule has 0 aliphatic heterocycles. The number of nitrogen functional groups attached to an aromatic ring is 1. The van der Waals surface area contributed by atoms with Crippen LogP contribution in [0.25, 0.3) is 0 Å². The van der Waals surface area contributed by atoms with E-state index in [1.54, 1.807) is 0 Å². The first kappa shape index (κ1) is 10.8. The fourth-order valence-corrected chi connectivity index (χ4v) is 1.36. The van der Waals surface area contributed by atoms with Crippen molar-refractivity contribution in [3.05, 3.63) is 22.5 Å². The number of carboxylic acids is 1. The van der Waals surface area contributed by atoms with Crippen LogP contribution in [0.3, 0.4) is 0 Å². The molecule has 0 unspecified atom stereocenters. The first-order valence-corrected chi connectivity index (χ1v) is 4.50. The van der Waals surface area contributed by atoms with Crippen LogP contribution in [0.15, 0.2) is 6.07 Å². The van der Waals surface area contributed by atoms with Gasteiger partial charge < -0.3 is 10.8 Å². The zero-order valence-corrected chi connectivity index (χ0v) is 8.67. The SMILES string of the molecule is CC(C)c1nc(Cl)c(C(=O)O)cc1N. The highest BCUT2D eigenvalue weighted by atomic mass is 35.5. The summed E-state index contributed by atoms with van der Waals surface area (Å²) in [5, 5.41) is 8.72. The minimum atomic E-state index is -1.12. The molecule has 0 atom stereocenters. The van der Waals surface area contributed by atoms with Crippen molar-refractivity contribution in [2.24, 2.45) is 0 Å². The van der Waals surface area contributed by atoms with Gasteiger partial charge in [0.1, 0.15) is 5.15 Å². The summed E-state index contributed by atoms with van der Waals surface area (Å²) in [6.07, 6.45) is 0. The summed E-state index contributed by atoms with van der Waals surface area (Å²) in [6, 6.07) is 1.34. The van der Waals surface area contributed by atoms with Crippen molar-refractivity contribution >= 4 is 23.3 Å².